The molecule has 3 rings (SSSR count). The lowest BCUT2D eigenvalue weighted by atomic mass is 10.2. The summed E-state index contributed by atoms with van der Waals surface area (Å²) in [6, 6.07) is 12.0. The molecule has 0 bridgehead atoms. The number of hydrogen-bond acceptors (Lipinski definition) is 5. The van der Waals surface area contributed by atoms with Gasteiger partial charge in [-0.25, -0.2) is 4.79 Å². The van der Waals surface area contributed by atoms with Crippen molar-refractivity contribution in [2.45, 2.75) is 27.3 Å². The summed E-state index contributed by atoms with van der Waals surface area (Å²) in [5, 5.41) is 7.23. The zero-order chi connectivity index (χ0) is 23.4. The summed E-state index contributed by atoms with van der Waals surface area (Å²) in [5.74, 6) is 0.125. The predicted octanol–water partition coefficient (Wildman–Crippen LogP) is 2.80. The second-order valence-corrected chi connectivity index (χ2v) is 8.23. The Hall–Kier alpha value is -3.39. The molecule has 0 saturated carbocycles. The number of nitrogens with zero attached hydrogens (tertiary/aromatic N) is 3. The van der Waals surface area contributed by atoms with E-state index in [1.54, 1.807) is 42.5 Å². The molecule has 0 fully saturated rings. The average molecular weight is 457 g/mol. The van der Waals surface area contributed by atoms with Gasteiger partial charge in [-0.05, 0) is 48.2 Å². The van der Waals surface area contributed by atoms with Gasteiger partial charge < -0.3 is 10.1 Å². The van der Waals surface area contributed by atoms with Crippen LogP contribution in [0.5, 0.6) is 5.75 Å². The Morgan fingerprint density at radius 3 is 2.59 bits per heavy atom. The molecule has 32 heavy (non-hydrogen) atoms. The molecule has 0 aliphatic carbocycles. The Morgan fingerprint density at radius 2 is 1.94 bits per heavy atom. The minimum absolute atomic E-state index is 0.0541. The maximum Gasteiger partial charge on any atom is 0.352 e. The fourth-order valence-electron chi connectivity index (χ4n) is 3.01. The molecule has 3 aromatic rings. The number of hydrogen-bond donors (Lipinski definition) is 1. The number of carbonyl (C=O) groups excluding carboxylic acids is 1. The summed E-state index contributed by atoms with van der Waals surface area (Å²) in [6.45, 7) is 6.01. The zero-order valence-corrected chi connectivity index (χ0v) is 19.1. The van der Waals surface area contributed by atoms with Crippen LogP contribution >= 0.6 is 11.6 Å². The quantitative estimate of drug-likeness (QED) is 0.589. The molecule has 1 N–H and O–H groups in total. The van der Waals surface area contributed by atoms with Gasteiger partial charge in [0.05, 0.1) is 19.3 Å². The van der Waals surface area contributed by atoms with Crippen LogP contribution in [0.1, 0.15) is 35.5 Å². The number of benzene rings is 2. The fraction of sp³-hybridized carbons (Fsp3) is 0.304. The Morgan fingerprint density at radius 1 is 1.19 bits per heavy atom. The molecule has 0 aliphatic heterocycles. The Balaban J connectivity index is 2.18. The van der Waals surface area contributed by atoms with Crippen molar-refractivity contribution in [1.29, 1.82) is 0 Å². The minimum Gasteiger partial charge on any atom is -0.497 e. The zero-order valence-electron chi connectivity index (χ0n) is 18.4. The SMILES string of the molecule is COc1cccc(Cn2c(=O)c(C(=O)NCC(C)C)nn(-c3ccc(C)c(Cl)c3)c2=O)c1. The van der Waals surface area contributed by atoms with E-state index in [4.69, 9.17) is 16.3 Å². The van der Waals surface area contributed by atoms with E-state index >= 15 is 0 Å². The number of methoxy groups -OCH3 is 1. The Bertz CT molecular complexity index is 1260. The van der Waals surface area contributed by atoms with Crippen molar-refractivity contribution in [2.24, 2.45) is 5.92 Å². The summed E-state index contributed by atoms with van der Waals surface area (Å²) in [7, 11) is 1.53. The molecule has 0 spiro atoms. The fourth-order valence-corrected chi connectivity index (χ4v) is 3.19. The van der Waals surface area contributed by atoms with Crippen LogP contribution in [0.25, 0.3) is 5.69 Å². The molecule has 1 heterocycles. The number of aryl methyl sites for hydroxylation is 1. The third kappa shape index (κ3) is 5.08. The van der Waals surface area contributed by atoms with Gasteiger partial charge in [-0.2, -0.15) is 9.78 Å². The van der Waals surface area contributed by atoms with Gasteiger partial charge in [0.25, 0.3) is 11.5 Å². The van der Waals surface area contributed by atoms with Crippen LogP contribution in [-0.4, -0.2) is 33.9 Å². The van der Waals surface area contributed by atoms with Crippen molar-refractivity contribution in [1.82, 2.24) is 19.7 Å². The second kappa shape index (κ2) is 9.82. The van der Waals surface area contributed by atoms with Crippen LogP contribution < -0.4 is 21.3 Å². The molecule has 168 valence electrons. The smallest absolute Gasteiger partial charge is 0.352 e. The van der Waals surface area contributed by atoms with E-state index in [0.717, 1.165) is 14.8 Å². The van der Waals surface area contributed by atoms with Gasteiger partial charge in [0, 0.05) is 11.6 Å². The second-order valence-electron chi connectivity index (χ2n) is 7.82. The molecule has 1 aromatic heterocycles. The molecule has 0 atom stereocenters. The van der Waals surface area contributed by atoms with Crippen molar-refractivity contribution in [3.8, 4) is 11.4 Å². The highest BCUT2D eigenvalue weighted by atomic mass is 35.5. The highest BCUT2D eigenvalue weighted by Crippen LogP contribution is 2.18. The first-order chi connectivity index (χ1) is 15.2. The largest absolute Gasteiger partial charge is 0.497 e. The van der Waals surface area contributed by atoms with E-state index in [2.05, 4.69) is 10.4 Å². The Labute approximate surface area is 190 Å². The lowest BCUT2D eigenvalue weighted by Gasteiger charge is -2.14. The molecule has 0 saturated heterocycles. The maximum absolute atomic E-state index is 13.2. The summed E-state index contributed by atoms with van der Waals surface area (Å²) in [5.41, 5.74) is 0.0132. The maximum atomic E-state index is 13.2. The molecule has 0 aliphatic rings. The molecular formula is C23H25ClN4O4. The van der Waals surface area contributed by atoms with Crippen molar-refractivity contribution in [3.05, 3.63) is 85.1 Å². The minimum atomic E-state index is -0.770. The number of nitrogens with one attached hydrogen (secondary N) is 1. The molecule has 0 radical (unpaired) electrons. The lowest BCUT2D eigenvalue weighted by Crippen LogP contribution is -2.46. The van der Waals surface area contributed by atoms with E-state index in [-0.39, 0.29) is 18.2 Å². The standard InChI is InChI=1S/C23H25ClN4O4/c1-14(2)12-25-21(29)20-22(30)27(13-16-6-5-7-18(10-16)32-4)23(31)28(26-20)17-9-8-15(3)19(24)11-17/h5-11,14H,12-13H2,1-4H3,(H,25,29). The number of halogens is 1. The van der Waals surface area contributed by atoms with E-state index in [0.29, 0.717) is 28.6 Å². The van der Waals surface area contributed by atoms with Gasteiger partial charge in [0.1, 0.15) is 5.75 Å². The monoisotopic (exact) mass is 456 g/mol. The van der Waals surface area contributed by atoms with Crippen LogP contribution in [0.3, 0.4) is 0 Å². The number of amides is 1. The Kier molecular flexibility index (Phi) is 7.15. The van der Waals surface area contributed by atoms with Gasteiger partial charge in [-0.3, -0.25) is 14.2 Å². The van der Waals surface area contributed by atoms with Crippen LogP contribution in [0, 0.1) is 12.8 Å². The van der Waals surface area contributed by atoms with Gasteiger partial charge in [0.15, 0.2) is 0 Å². The first kappa shape index (κ1) is 23.3. The van der Waals surface area contributed by atoms with Crippen LogP contribution in [0.15, 0.2) is 52.1 Å². The third-order valence-electron chi connectivity index (χ3n) is 4.82. The summed E-state index contributed by atoms with van der Waals surface area (Å²) >= 11 is 6.23. The van der Waals surface area contributed by atoms with Crippen molar-refractivity contribution in [3.63, 3.8) is 0 Å². The van der Waals surface area contributed by atoms with Crippen molar-refractivity contribution < 1.29 is 9.53 Å². The third-order valence-corrected chi connectivity index (χ3v) is 5.23. The average Bonchev–Trinajstić information content (AvgIpc) is 2.77. The number of carbonyl (C=O) groups is 1. The van der Waals surface area contributed by atoms with E-state index in [1.807, 2.05) is 20.8 Å². The lowest BCUT2D eigenvalue weighted by molar-refractivity contribution is 0.0939. The van der Waals surface area contributed by atoms with E-state index < -0.39 is 17.2 Å². The first-order valence-electron chi connectivity index (χ1n) is 10.1. The van der Waals surface area contributed by atoms with E-state index in [1.165, 1.54) is 7.11 Å². The van der Waals surface area contributed by atoms with Gasteiger partial charge in [0.2, 0.25) is 5.69 Å². The molecule has 8 nitrogen and oxygen atoms in total. The van der Waals surface area contributed by atoms with Crippen molar-refractivity contribution in [2.75, 3.05) is 13.7 Å². The van der Waals surface area contributed by atoms with Crippen LogP contribution in [0.4, 0.5) is 0 Å². The topological polar surface area (TPSA) is 95.2 Å². The summed E-state index contributed by atoms with van der Waals surface area (Å²) in [4.78, 5) is 39.1. The highest BCUT2D eigenvalue weighted by Gasteiger charge is 2.21. The van der Waals surface area contributed by atoms with Gasteiger partial charge in [-0.15, -0.1) is 0 Å². The number of aromatic nitrogens is 3. The molecule has 9 heteroatoms. The summed E-state index contributed by atoms with van der Waals surface area (Å²) in [6.07, 6.45) is 0. The van der Waals surface area contributed by atoms with E-state index in [9.17, 15) is 14.4 Å². The normalized spacial score (nSPS) is 10.9. The van der Waals surface area contributed by atoms with Crippen molar-refractivity contribution >= 4 is 17.5 Å². The molecule has 1 amide bonds. The highest BCUT2D eigenvalue weighted by molar-refractivity contribution is 6.31. The molecule has 2 aromatic carbocycles. The van der Waals surface area contributed by atoms with Crippen LogP contribution in [-0.2, 0) is 6.54 Å². The molecular weight excluding hydrogens is 432 g/mol. The number of rotatable bonds is 7. The predicted molar refractivity (Wildman–Crippen MR) is 123 cm³/mol. The molecule has 0 unspecified atom stereocenters. The van der Waals surface area contributed by atoms with Crippen LogP contribution in [0.2, 0.25) is 5.02 Å². The first-order valence-corrected chi connectivity index (χ1v) is 10.5. The summed E-state index contributed by atoms with van der Waals surface area (Å²) < 4.78 is 7.24. The number of ether oxygens (including phenoxy) is 1. The van der Waals surface area contributed by atoms with Gasteiger partial charge in [-0.1, -0.05) is 43.6 Å². The van der Waals surface area contributed by atoms with Gasteiger partial charge >= 0.3 is 5.69 Å².